The van der Waals surface area contributed by atoms with E-state index in [1.807, 2.05) is 12.1 Å². The van der Waals surface area contributed by atoms with Crippen molar-refractivity contribution in [3.8, 4) is 16.9 Å². The van der Waals surface area contributed by atoms with Gasteiger partial charge in [-0.3, -0.25) is 4.79 Å². The lowest BCUT2D eigenvalue weighted by molar-refractivity contribution is -0.142. The third-order valence-corrected chi connectivity index (χ3v) is 6.78. The normalized spacial score (nSPS) is 11.7. The highest BCUT2D eigenvalue weighted by Gasteiger charge is 2.28. The highest BCUT2D eigenvalue weighted by Crippen LogP contribution is 2.33. The van der Waals surface area contributed by atoms with E-state index in [2.05, 4.69) is 10.4 Å². The number of hydrogen-bond acceptors (Lipinski definition) is 4. The summed E-state index contributed by atoms with van der Waals surface area (Å²) in [6, 6.07) is 18.2. The van der Waals surface area contributed by atoms with Crippen molar-refractivity contribution in [1.29, 1.82) is 0 Å². The fraction of sp³-hybridized carbons (Fsp3) is 0.148. The van der Waals surface area contributed by atoms with E-state index in [4.69, 9.17) is 51.1 Å². The third-order valence-electron chi connectivity index (χ3n) is 5.74. The number of hydrogen-bond donors (Lipinski definition) is 1. The molecule has 4 rings (SSSR count). The number of ether oxygens (including phenoxy) is 1. The van der Waals surface area contributed by atoms with Crippen LogP contribution in [-0.4, -0.2) is 34.8 Å². The van der Waals surface area contributed by atoms with E-state index >= 15 is 0 Å². The van der Waals surface area contributed by atoms with Crippen molar-refractivity contribution in [2.24, 2.45) is 0 Å². The monoisotopic (exact) mass is 575 g/mol. The van der Waals surface area contributed by atoms with Gasteiger partial charge >= 0.3 is 5.97 Å². The molecule has 0 saturated heterocycles. The van der Waals surface area contributed by atoms with Crippen LogP contribution < -0.4 is 5.32 Å². The number of amides is 1. The van der Waals surface area contributed by atoms with Gasteiger partial charge in [0.25, 0.3) is 5.91 Å². The molecule has 1 atom stereocenters. The first-order chi connectivity index (χ1) is 17.7. The van der Waals surface area contributed by atoms with Crippen molar-refractivity contribution in [1.82, 2.24) is 15.1 Å². The Morgan fingerprint density at radius 2 is 1.51 bits per heavy atom. The van der Waals surface area contributed by atoms with Gasteiger partial charge in [-0.2, -0.15) is 5.10 Å². The van der Waals surface area contributed by atoms with Crippen LogP contribution in [0.3, 0.4) is 0 Å². The molecule has 0 fully saturated rings. The van der Waals surface area contributed by atoms with E-state index in [0.717, 1.165) is 11.1 Å². The summed E-state index contributed by atoms with van der Waals surface area (Å²) in [6.45, 7) is 1.78. The minimum absolute atomic E-state index is 0.126. The molecule has 0 bridgehead atoms. The highest BCUT2D eigenvalue weighted by molar-refractivity contribution is 6.35. The Labute approximate surface area is 234 Å². The molecule has 4 aromatic rings. The van der Waals surface area contributed by atoms with Crippen molar-refractivity contribution >= 4 is 58.3 Å². The molecular formula is C27H21Cl4N3O3. The van der Waals surface area contributed by atoms with E-state index in [-0.39, 0.29) is 12.1 Å². The van der Waals surface area contributed by atoms with Gasteiger partial charge in [-0.1, -0.05) is 70.7 Å². The van der Waals surface area contributed by atoms with Crippen LogP contribution in [-0.2, 0) is 16.0 Å². The Hall–Kier alpha value is -3.03. The Balaban J connectivity index is 1.75. The summed E-state index contributed by atoms with van der Waals surface area (Å²) in [5, 5.41) is 9.32. The third kappa shape index (κ3) is 6.11. The number of rotatable bonds is 7. The van der Waals surface area contributed by atoms with Crippen LogP contribution in [0.1, 0.15) is 21.6 Å². The number of nitrogens with one attached hydrogen (secondary N) is 1. The maximum atomic E-state index is 13.5. The molecule has 6 nitrogen and oxygen atoms in total. The number of carbonyl (C=O) groups is 2. The highest BCUT2D eigenvalue weighted by atomic mass is 35.5. The molecule has 0 unspecified atom stereocenters. The fourth-order valence-electron chi connectivity index (χ4n) is 3.90. The summed E-state index contributed by atoms with van der Waals surface area (Å²) < 4.78 is 6.52. The van der Waals surface area contributed by atoms with Crippen LogP contribution in [0.25, 0.3) is 16.9 Å². The zero-order valence-electron chi connectivity index (χ0n) is 19.8. The molecule has 0 radical (unpaired) electrons. The largest absolute Gasteiger partial charge is 0.467 e. The molecular weight excluding hydrogens is 556 g/mol. The van der Waals surface area contributed by atoms with Crippen LogP contribution in [0, 0.1) is 6.92 Å². The number of carbonyl (C=O) groups excluding carboxylic acids is 2. The van der Waals surface area contributed by atoms with E-state index < -0.39 is 17.9 Å². The number of esters is 1. The summed E-state index contributed by atoms with van der Waals surface area (Å²) in [5.41, 5.74) is 3.45. The summed E-state index contributed by atoms with van der Waals surface area (Å²) in [6.07, 6.45) is 0.211. The molecule has 3 aromatic carbocycles. The molecule has 0 aliphatic heterocycles. The van der Waals surface area contributed by atoms with Gasteiger partial charge in [-0.05, 0) is 55.0 Å². The van der Waals surface area contributed by atoms with E-state index in [0.29, 0.717) is 37.0 Å². The van der Waals surface area contributed by atoms with Crippen LogP contribution >= 0.6 is 46.4 Å². The van der Waals surface area contributed by atoms with Crippen LogP contribution in [0.2, 0.25) is 20.1 Å². The Morgan fingerprint density at radius 1 is 0.919 bits per heavy atom. The first-order valence-electron chi connectivity index (χ1n) is 11.1. The molecule has 1 amide bonds. The molecule has 1 aromatic heterocycles. The van der Waals surface area contributed by atoms with Gasteiger partial charge in [-0.25, -0.2) is 9.48 Å². The first kappa shape index (κ1) is 27.0. The number of aromatic nitrogens is 2. The second-order valence-corrected chi connectivity index (χ2v) is 9.93. The van der Waals surface area contributed by atoms with Crippen molar-refractivity contribution < 1.29 is 14.3 Å². The smallest absolute Gasteiger partial charge is 0.328 e. The van der Waals surface area contributed by atoms with E-state index in [1.54, 1.807) is 66.2 Å². The summed E-state index contributed by atoms with van der Waals surface area (Å²) in [5.74, 6) is -1.13. The van der Waals surface area contributed by atoms with Gasteiger partial charge in [0.1, 0.15) is 6.04 Å². The first-order valence-corrected chi connectivity index (χ1v) is 12.6. The molecule has 0 spiro atoms. The lowest BCUT2D eigenvalue weighted by Gasteiger charge is -2.16. The average molecular weight is 577 g/mol. The molecule has 0 aliphatic rings. The van der Waals surface area contributed by atoms with Crippen molar-refractivity contribution in [3.63, 3.8) is 0 Å². The second-order valence-electron chi connectivity index (χ2n) is 8.22. The molecule has 1 heterocycles. The molecule has 10 heteroatoms. The minimum atomic E-state index is -0.943. The zero-order valence-corrected chi connectivity index (χ0v) is 22.8. The second kappa shape index (κ2) is 11.6. The molecule has 0 saturated carbocycles. The summed E-state index contributed by atoms with van der Waals surface area (Å²) in [4.78, 5) is 26.0. The quantitative estimate of drug-likeness (QED) is 0.241. The van der Waals surface area contributed by atoms with Gasteiger partial charge in [0.15, 0.2) is 5.69 Å². The summed E-state index contributed by atoms with van der Waals surface area (Å²) in [7, 11) is 1.27. The Kier molecular flexibility index (Phi) is 8.45. The maximum absolute atomic E-state index is 13.5. The van der Waals surface area contributed by atoms with Crippen LogP contribution in [0.4, 0.5) is 0 Å². The van der Waals surface area contributed by atoms with Gasteiger partial charge < -0.3 is 10.1 Å². The van der Waals surface area contributed by atoms with Crippen LogP contribution in [0.15, 0.2) is 66.7 Å². The molecule has 37 heavy (non-hydrogen) atoms. The van der Waals surface area contributed by atoms with Crippen molar-refractivity contribution in [2.75, 3.05) is 7.11 Å². The molecule has 1 N–H and O–H groups in total. The standard InChI is InChI=1S/C27H21Cl4N3O3/c1-15-24(26(35)32-22(27(36)37-2)13-16-3-7-18(28)8-4-16)33-34(23-12-11-20(30)14-21(23)31)25(15)17-5-9-19(29)10-6-17/h3-12,14,22H,13H2,1-2H3,(H,32,35)/t22-/m0/s1. The SMILES string of the molecule is COC(=O)[C@H](Cc1ccc(Cl)cc1)NC(=O)c1nn(-c2ccc(Cl)cc2Cl)c(-c2ccc(Cl)cc2)c1C. The lowest BCUT2D eigenvalue weighted by atomic mass is 10.0. The van der Waals surface area contributed by atoms with Gasteiger partial charge in [0.05, 0.1) is 23.5 Å². The predicted octanol–water partition coefficient (Wildman–Crippen LogP) is 6.98. The zero-order chi connectivity index (χ0) is 26.7. The number of methoxy groups -OCH3 is 1. The Morgan fingerprint density at radius 3 is 2.11 bits per heavy atom. The fourth-order valence-corrected chi connectivity index (χ4v) is 4.64. The van der Waals surface area contributed by atoms with Gasteiger partial charge in [0.2, 0.25) is 0 Å². The number of nitrogens with zero attached hydrogens (tertiary/aromatic N) is 2. The summed E-state index contributed by atoms with van der Waals surface area (Å²) >= 11 is 24.7. The van der Waals surface area contributed by atoms with Crippen molar-refractivity contribution in [2.45, 2.75) is 19.4 Å². The number of benzene rings is 3. The predicted molar refractivity (Wildman–Crippen MR) is 147 cm³/mol. The lowest BCUT2D eigenvalue weighted by Crippen LogP contribution is -2.43. The maximum Gasteiger partial charge on any atom is 0.328 e. The minimum Gasteiger partial charge on any atom is -0.467 e. The molecule has 0 aliphatic carbocycles. The number of halogens is 4. The van der Waals surface area contributed by atoms with Crippen molar-refractivity contribution in [3.05, 3.63) is 104 Å². The van der Waals surface area contributed by atoms with Gasteiger partial charge in [-0.15, -0.1) is 0 Å². The molecule has 190 valence electrons. The van der Waals surface area contributed by atoms with E-state index in [9.17, 15) is 9.59 Å². The van der Waals surface area contributed by atoms with E-state index in [1.165, 1.54) is 7.11 Å². The Bertz CT molecular complexity index is 1450. The average Bonchev–Trinajstić information content (AvgIpc) is 3.21. The van der Waals surface area contributed by atoms with Crippen LogP contribution in [0.5, 0.6) is 0 Å². The topological polar surface area (TPSA) is 73.2 Å². The van der Waals surface area contributed by atoms with Gasteiger partial charge in [0, 0.05) is 32.6 Å².